The van der Waals surface area contributed by atoms with Crippen molar-refractivity contribution in [1.29, 1.82) is 0 Å². The first-order valence-corrected chi connectivity index (χ1v) is 7.76. The van der Waals surface area contributed by atoms with Crippen LogP contribution in [0.2, 0.25) is 0 Å². The highest BCUT2D eigenvalue weighted by atomic mass is 16.2. The van der Waals surface area contributed by atoms with Gasteiger partial charge in [-0.25, -0.2) is 0 Å². The van der Waals surface area contributed by atoms with Crippen LogP contribution in [0.1, 0.15) is 26.2 Å². The summed E-state index contributed by atoms with van der Waals surface area (Å²) in [6.07, 6.45) is 3.68. The predicted octanol–water partition coefficient (Wildman–Crippen LogP) is 3.65. The zero-order valence-electron chi connectivity index (χ0n) is 12.5. The molecule has 0 aliphatic carbocycles. The summed E-state index contributed by atoms with van der Waals surface area (Å²) in [5, 5.41) is 5.32. The van der Waals surface area contributed by atoms with Crippen molar-refractivity contribution in [3.8, 4) is 0 Å². The zero-order chi connectivity index (χ0) is 14.7. The van der Waals surface area contributed by atoms with Gasteiger partial charge in [-0.1, -0.05) is 42.8 Å². The van der Waals surface area contributed by atoms with Crippen molar-refractivity contribution >= 4 is 22.4 Å². The maximum atomic E-state index is 12.3. The van der Waals surface area contributed by atoms with Crippen LogP contribution < -0.4 is 5.32 Å². The average molecular weight is 282 g/mol. The van der Waals surface area contributed by atoms with Crippen molar-refractivity contribution < 1.29 is 4.79 Å². The molecule has 1 atom stereocenters. The van der Waals surface area contributed by atoms with Crippen molar-refractivity contribution in [1.82, 2.24) is 4.90 Å². The molecule has 0 radical (unpaired) electrons. The number of carbonyl (C=O) groups is 1. The third-order valence-electron chi connectivity index (χ3n) is 4.35. The lowest BCUT2D eigenvalue weighted by Crippen LogP contribution is -2.42. The Kier molecular flexibility index (Phi) is 4.20. The van der Waals surface area contributed by atoms with E-state index in [9.17, 15) is 4.79 Å². The smallest absolute Gasteiger partial charge is 0.238 e. The number of likely N-dealkylation sites (tertiary alicyclic amines) is 1. The number of nitrogens with one attached hydrogen (secondary N) is 1. The molecule has 0 spiro atoms. The number of fused-ring (bicyclic) bond motifs is 1. The molecule has 0 saturated carbocycles. The number of amides is 1. The van der Waals surface area contributed by atoms with E-state index in [-0.39, 0.29) is 5.91 Å². The van der Waals surface area contributed by atoms with E-state index in [1.54, 1.807) is 0 Å². The molecule has 2 aromatic carbocycles. The van der Waals surface area contributed by atoms with Crippen molar-refractivity contribution in [3.05, 3.63) is 42.5 Å². The van der Waals surface area contributed by atoms with Crippen molar-refractivity contribution in [2.75, 3.05) is 18.4 Å². The Morgan fingerprint density at radius 1 is 1.19 bits per heavy atom. The van der Waals surface area contributed by atoms with Gasteiger partial charge >= 0.3 is 0 Å². The minimum absolute atomic E-state index is 0.0834. The fourth-order valence-electron chi connectivity index (χ4n) is 3.10. The van der Waals surface area contributed by atoms with Crippen molar-refractivity contribution in [2.45, 2.75) is 32.2 Å². The first-order chi connectivity index (χ1) is 10.2. The molecule has 1 N–H and O–H groups in total. The van der Waals surface area contributed by atoms with E-state index in [0.717, 1.165) is 23.0 Å². The molecular weight excluding hydrogens is 260 g/mol. The second-order valence-corrected chi connectivity index (χ2v) is 5.89. The van der Waals surface area contributed by atoms with Gasteiger partial charge in [0.25, 0.3) is 0 Å². The van der Waals surface area contributed by atoms with E-state index in [1.165, 1.54) is 19.3 Å². The number of hydrogen-bond donors (Lipinski definition) is 1. The predicted molar refractivity (Wildman–Crippen MR) is 87.5 cm³/mol. The van der Waals surface area contributed by atoms with Crippen LogP contribution in [0, 0.1) is 0 Å². The molecule has 1 heterocycles. The Labute approximate surface area is 125 Å². The molecule has 3 heteroatoms. The number of hydrogen-bond acceptors (Lipinski definition) is 2. The largest absolute Gasteiger partial charge is 0.324 e. The van der Waals surface area contributed by atoms with Gasteiger partial charge in [-0.2, -0.15) is 0 Å². The van der Waals surface area contributed by atoms with E-state index in [4.69, 9.17) is 0 Å². The lowest BCUT2D eigenvalue weighted by molar-refractivity contribution is -0.118. The molecule has 21 heavy (non-hydrogen) atoms. The summed E-state index contributed by atoms with van der Waals surface area (Å²) in [6.45, 7) is 3.73. The molecule has 1 fully saturated rings. The number of rotatable bonds is 3. The van der Waals surface area contributed by atoms with E-state index < -0.39 is 0 Å². The normalized spacial score (nSPS) is 19.6. The number of anilines is 1. The van der Waals surface area contributed by atoms with Crippen LogP contribution in [0.3, 0.4) is 0 Å². The van der Waals surface area contributed by atoms with Gasteiger partial charge in [-0.05, 0) is 37.8 Å². The van der Waals surface area contributed by atoms with Crippen LogP contribution >= 0.6 is 0 Å². The second kappa shape index (κ2) is 6.27. The SMILES string of the molecule is C[C@H]1CCCCN1CC(=O)Nc1cccc2ccccc12. The first kappa shape index (κ1) is 14.1. The third-order valence-corrected chi connectivity index (χ3v) is 4.35. The summed E-state index contributed by atoms with van der Waals surface area (Å²) in [7, 11) is 0. The van der Waals surface area contributed by atoms with Gasteiger partial charge in [0.2, 0.25) is 5.91 Å². The Balaban J connectivity index is 1.71. The van der Waals surface area contributed by atoms with Crippen molar-refractivity contribution in [3.63, 3.8) is 0 Å². The summed E-state index contributed by atoms with van der Waals surface area (Å²) in [4.78, 5) is 14.6. The van der Waals surface area contributed by atoms with Gasteiger partial charge < -0.3 is 5.32 Å². The third kappa shape index (κ3) is 3.24. The molecule has 1 amide bonds. The number of carbonyl (C=O) groups excluding carboxylic acids is 1. The first-order valence-electron chi connectivity index (χ1n) is 7.76. The van der Waals surface area contributed by atoms with Gasteiger partial charge in [-0.3, -0.25) is 9.69 Å². The standard InChI is InChI=1S/C18H22N2O/c1-14-7-4-5-12-20(14)13-18(21)19-17-11-6-9-15-8-2-3-10-16(15)17/h2-3,6,8-11,14H,4-5,7,12-13H2,1H3,(H,19,21)/t14-/m0/s1. The molecule has 1 aliphatic heterocycles. The molecule has 3 rings (SSSR count). The van der Waals surface area contributed by atoms with E-state index in [2.05, 4.69) is 35.3 Å². The number of piperidine rings is 1. The van der Waals surface area contributed by atoms with Crippen LogP contribution in [0.15, 0.2) is 42.5 Å². The topological polar surface area (TPSA) is 32.3 Å². The summed E-state index contributed by atoms with van der Waals surface area (Å²) >= 11 is 0. The zero-order valence-corrected chi connectivity index (χ0v) is 12.5. The second-order valence-electron chi connectivity index (χ2n) is 5.89. The lowest BCUT2D eigenvalue weighted by atomic mass is 10.0. The van der Waals surface area contributed by atoms with Gasteiger partial charge in [0.05, 0.1) is 6.54 Å². The maximum Gasteiger partial charge on any atom is 0.238 e. The molecule has 0 unspecified atom stereocenters. The monoisotopic (exact) mass is 282 g/mol. The number of nitrogens with zero attached hydrogens (tertiary/aromatic N) is 1. The van der Waals surface area contributed by atoms with Crippen LogP contribution in [0.25, 0.3) is 10.8 Å². The maximum absolute atomic E-state index is 12.3. The van der Waals surface area contributed by atoms with Gasteiger partial charge in [0.15, 0.2) is 0 Å². The Morgan fingerprint density at radius 2 is 2.00 bits per heavy atom. The van der Waals surface area contributed by atoms with E-state index in [1.807, 2.05) is 24.3 Å². The fourth-order valence-corrected chi connectivity index (χ4v) is 3.10. The summed E-state index contributed by atoms with van der Waals surface area (Å²) in [6, 6.07) is 14.7. The van der Waals surface area contributed by atoms with Gasteiger partial charge in [0.1, 0.15) is 0 Å². The van der Waals surface area contributed by atoms with Crippen molar-refractivity contribution in [2.24, 2.45) is 0 Å². The van der Waals surface area contributed by atoms with E-state index in [0.29, 0.717) is 12.6 Å². The Hall–Kier alpha value is -1.87. The van der Waals surface area contributed by atoms with Gasteiger partial charge in [0, 0.05) is 17.1 Å². The molecular formula is C18H22N2O. The number of benzene rings is 2. The highest BCUT2D eigenvalue weighted by molar-refractivity contribution is 6.02. The average Bonchev–Trinajstić information content (AvgIpc) is 2.50. The van der Waals surface area contributed by atoms with E-state index >= 15 is 0 Å². The van der Waals surface area contributed by atoms with Crippen LogP contribution in [-0.2, 0) is 4.79 Å². The highest BCUT2D eigenvalue weighted by Crippen LogP contribution is 2.23. The molecule has 3 nitrogen and oxygen atoms in total. The van der Waals surface area contributed by atoms with Crippen LogP contribution in [0.4, 0.5) is 5.69 Å². The quantitative estimate of drug-likeness (QED) is 0.932. The molecule has 110 valence electrons. The molecule has 2 aromatic rings. The van der Waals surface area contributed by atoms with Crippen LogP contribution in [-0.4, -0.2) is 29.9 Å². The summed E-state index contributed by atoms with van der Waals surface area (Å²) in [5.74, 6) is 0.0834. The fraction of sp³-hybridized carbons (Fsp3) is 0.389. The molecule has 0 aromatic heterocycles. The molecule has 1 saturated heterocycles. The highest BCUT2D eigenvalue weighted by Gasteiger charge is 2.20. The van der Waals surface area contributed by atoms with Gasteiger partial charge in [-0.15, -0.1) is 0 Å². The Morgan fingerprint density at radius 3 is 2.86 bits per heavy atom. The lowest BCUT2D eigenvalue weighted by Gasteiger charge is -2.32. The minimum Gasteiger partial charge on any atom is -0.324 e. The van der Waals surface area contributed by atoms with Crippen LogP contribution in [0.5, 0.6) is 0 Å². The molecule has 1 aliphatic rings. The Bertz CT molecular complexity index is 633. The summed E-state index contributed by atoms with van der Waals surface area (Å²) < 4.78 is 0. The minimum atomic E-state index is 0.0834. The summed E-state index contributed by atoms with van der Waals surface area (Å²) in [5.41, 5.74) is 0.905. The molecule has 0 bridgehead atoms.